The monoisotopic (exact) mass is 776 g/mol. The van der Waals surface area contributed by atoms with Crippen molar-refractivity contribution in [1.82, 2.24) is 10.2 Å². The molecule has 1 fully saturated rings. The smallest absolute Gasteiger partial charge is 0.393 e. The number of carbonyl (C=O) groups excluding carboxylic acids is 3. The van der Waals surface area contributed by atoms with Gasteiger partial charge in [-0.3, -0.25) is 19.3 Å². The molecule has 13 nitrogen and oxygen atoms in total. The summed E-state index contributed by atoms with van der Waals surface area (Å²) in [7, 11) is 1.13. The van der Waals surface area contributed by atoms with Crippen LogP contribution in [0.4, 0.5) is 28.9 Å². The number of fused-ring (bicyclic) bond motifs is 1. The van der Waals surface area contributed by atoms with Crippen molar-refractivity contribution in [3.05, 3.63) is 63.8 Å². The number of benzene rings is 2. The third-order valence-corrected chi connectivity index (χ3v) is 9.61. The zero-order valence-electron chi connectivity index (χ0n) is 29.2. The number of aliphatic hydroxyl groups excluding tert-OH is 2. The van der Waals surface area contributed by atoms with Gasteiger partial charge in [0.15, 0.2) is 5.75 Å². The van der Waals surface area contributed by atoms with E-state index in [2.05, 4.69) is 32.6 Å². The van der Waals surface area contributed by atoms with Gasteiger partial charge in [0.1, 0.15) is 12.2 Å². The van der Waals surface area contributed by atoms with Crippen molar-refractivity contribution < 1.29 is 51.6 Å². The van der Waals surface area contributed by atoms with Crippen molar-refractivity contribution in [3.8, 4) is 17.6 Å². The van der Waals surface area contributed by atoms with Crippen LogP contribution in [0.25, 0.3) is 14.9 Å². The number of anilines is 2. The van der Waals surface area contributed by atoms with Crippen LogP contribution in [0.2, 0.25) is 0 Å². The molecule has 4 unspecified atom stereocenters. The molecule has 2 heterocycles. The SMILES string of the molecule is [C-]#[N+]COc1cc(C(=O)NC(CCC(N)=O)C(=O)OC)ccc1NCC#Cc1sc2c(NC3CCN(CC(O)CO)CC3F)cccc2c1CC(F)(F)F. The number of rotatable bonds is 16. The minimum Gasteiger partial charge on any atom is -0.467 e. The fourth-order valence-corrected chi connectivity index (χ4v) is 7.00. The predicted molar refractivity (Wildman–Crippen MR) is 194 cm³/mol. The van der Waals surface area contributed by atoms with E-state index < -0.39 is 68.1 Å². The molecule has 3 aromatic rings. The van der Waals surface area contributed by atoms with Gasteiger partial charge < -0.3 is 41.4 Å². The maximum Gasteiger partial charge on any atom is 0.393 e. The highest BCUT2D eigenvalue weighted by atomic mass is 32.1. The number of nitrogens with zero attached hydrogens (tertiary/aromatic N) is 2. The van der Waals surface area contributed by atoms with Gasteiger partial charge in [0.05, 0.1) is 59.8 Å². The summed E-state index contributed by atoms with van der Waals surface area (Å²) in [6.07, 6.45) is -8.00. The van der Waals surface area contributed by atoms with E-state index >= 15 is 4.39 Å². The first kappa shape index (κ1) is 41.6. The molecule has 18 heteroatoms. The van der Waals surface area contributed by atoms with Crippen LogP contribution < -0.4 is 26.4 Å². The Morgan fingerprint density at radius 1 is 1.22 bits per heavy atom. The summed E-state index contributed by atoms with van der Waals surface area (Å²) in [4.78, 5) is 41.4. The van der Waals surface area contributed by atoms with Crippen LogP contribution in [0, 0.1) is 18.4 Å². The van der Waals surface area contributed by atoms with Gasteiger partial charge in [-0.2, -0.15) is 13.2 Å². The molecular formula is C36H40F4N6O7S. The van der Waals surface area contributed by atoms with Gasteiger partial charge in [-0.1, -0.05) is 24.0 Å². The number of thiophene rings is 1. The Morgan fingerprint density at radius 3 is 2.67 bits per heavy atom. The highest BCUT2D eigenvalue weighted by Crippen LogP contribution is 2.39. The first-order valence-corrected chi connectivity index (χ1v) is 17.6. The number of piperidine rings is 1. The summed E-state index contributed by atoms with van der Waals surface area (Å²) >= 11 is 1.05. The lowest BCUT2D eigenvalue weighted by Gasteiger charge is -2.36. The minimum atomic E-state index is -4.54. The number of hydrogen-bond donors (Lipinski definition) is 6. The summed E-state index contributed by atoms with van der Waals surface area (Å²) in [5.41, 5.74) is 6.00. The fourth-order valence-electron chi connectivity index (χ4n) is 5.83. The van der Waals surface area contributed by atoms with Gasteiger partial charge >= 0.3 is 18.9 Å². The quantitative estimate of drug-likeness (QED) is 0.0547. The lowest BCUT2D eigenvalue weighted by Crippen LogP contribution is -2.50. The number of nitrogens with two attached hydrogens (primary N) is 1. The van der Waals surface area contributed by atoms with Crippen LogP contribution in [0.1, 0.15) is 40.1 Å². The van der Waals surface area contributed by atoms with Gasteiger partial charge in [0.25, 0.3) is 5.91 Å². The number of aliphatic hydroxyl groups is 2. The standard InChI is InChI=1S/C36H40F4N6O7S/c1-42-20-53-30-15-21(34(50)45-29(35(51)52-2)10-11-32(41)49)8-9-27(30)43-13-4-7-31-24(16-36(38,39)40)23-5-3-6-28(33(23)54-31)44-26-12-14-46(18-25(26)37)17-22(48)19-47/h3,5-6,8-9,15,22,25-26,29,43-44,47-48H,10-14,16-20H2,2H3,(H2,41,49)(H,45,50). The van der Waals surface area contributed by atoms with E-state index in [1.807, 2.05) is 0 Å². The maximum absolute atomic E-state index is 15.2. The number of β-amino-alcohol motifs (C(OH)–C–C–N with tert-alkyl or cyclic N) is 1. The third-order valence-electron chi connectivity index (χ3n) is 8.41. The molecular weight excluding hydrogens is 736 g/mol. The molecule has 54 heavy (non-hydrogen) atoms. The summed E-state index contributed by atoms with van der Waals surface area (Å²) in [6.45, 7) is 6.78. The molecule has 0 radical (unpaired) electrons. The molecule has 4 rings (SSSR count). The second kappa shape index (κ2) is 19.3. The van der Waals surface area contributed by atoms with Gasteiger partial charge in [0, 0.05) is 31.6 Å². The second-order valence-electron chi connectivity index (χ2n) is 12.4. The Morgan fingerprint density at radius 2 is 2.00 bits per heavy atom. The van der Waals surface area contributed by atoms with E-state index in [0.29, 0.717) is 34.4 Å². The Bertz CT molecular complexity index is 1910. The van der Waals surface area contributed by atoms with Crippen LogP contribution in [0.3, 0.4) is 0 Å². The van der Waals surface area contributed by atoms with Crippen molar-refractivity contribution in [2.45, 2.75) is 56.2 Å². The fraction of sp³-hybridized carbons (Fsp3) is 0.444. The van der Waals surface area contributed by atoms with Gasteiger partial charge in [-0.25, -0.2) is 15.8 Å². The van der Waals surface area contributed by atoms with E-state index in [9.17, 15) is 32.7 Å². The van der Waals surface area contributed by atoms with E-state index in [0.717, 1.165) is 18.4 Å². The number of halogens is 4. The van der Waals surface area contributed by atoms with Crippen molar-refractivity contribution in [2.24, 2.45) is 5.73 Å². The molecule has 0 aliphatic carbocycles. The number of primary amides is 1. The number of carbonyl (C=O) groups is 3. The topological polar surface area (TPSA) is 180 Å². The second-order valence-corrected chi connectivity index (χ2v) is 13.4. The van der Waals surface area contributed by atoms with Crippen molar-refractivity contribution in [1.29, 1.82) is 0 Å². The maximum atomic E-state index is 15.2. The average molecular weight is 777 g/mol. The number of alkyl halides is 4. The summed E-state index contributed by atoms with van der Waals surface area (Å²) in [6, 6.07) is 7.26. The Labute approximate surface area is 312 Å². The summed E-state index contributed by atoms with van der Waals surface area (Å²) in [5.74, 6) is 3.61. The normalized spacial score (nSPS) is 17.0. The Kier molecular flexibility index (Phi) is 14.8. The Balaban J connectivity index is 1.53. The molecule has 2 amide bonds. The van der Waals surface area contributed by atoms with E-state index in [1.54, 1.807) is 23.1 Å². The van der Waals surface area contributed by atoms with Crippen LogP contribution in [0.5, 0.6) is 5.75 Å². The van der Waals surface area contributed by atoms with Crippen molar-refractivity contribution in [2.75, 3.05) is 57.3 Å². The van der Waals surface area contributed by atoms with Crippen LogP contribution in [0.15, 0.2) is 36.4 Å². The number of nitrogens with one attached hydrogen (secondary N) is 3. The zero-order valence-corrected chi connectivity index (χ0v) is 30.0. The molecule has 2 aromatic carbocycles. The number of amides is 2. The summed E-state index contributed by atoms with van der Waals surface area (Å²) < 4.78 is 67.2. The lowest BCUT2D eigenvalue weighted by atomic mass is 10.0. The van der Waals surface area contributed by atoms with Crippen LogP contribution >= 0.6 is 11.3 Å². The van der Waals surface area contributed by atoms with E-state index in [1.165, 1.54) is 18.2 Å². The largest absolute Gasteiger partial charge is 0.467 e. The lowest BCUT2D eigenvalue weighted by molar-refractivity contribution is -0.143. The summed E-state index contributed by atoms with van der Waals surface area (Å²) in [5, 5.41) is 27.8. The molecule has 0 bridgehead atoms. The molecule has 1 saturated heterocycles. The molecule has 4 atom stereocenters. The highest BCUT2D eigenvalue weighted by molar-refractivity contribution is 7.20. The zero-order chi connectivity index (χ0) is 39.4. The molecule has 290 valence electrons. The number of hydrogen-bond acceptors (Lipinski definition) is 11. The van der Waals surface area contributed by atoms with Crippen LogP contribution in [-0.4, -0.2) is 110 Å². The minimum absolute atomic E-state index is 0.0132. The number of likely N-dealkylation sites (tertiary alicyclic amines) is 1. The molecule has 1 aliphatic rings. The van der Waals surface area contributed by atoms with E-state index in [4.69, 9.17) is 26.9 Å². The number of methoxy groups -OCH3 is 1. The highest BCUT2D eigenvalue weighted by Gasteiger charge is 2.33. The van der Waals surface area contributed by atoms with Gasteiger partial charge in [-0.05, 0) is 48.1 Å². The first-order valence-electron chi connectivity index (χ1n) is 16.8. The number of ether oxygens (including phenoxy) is 2. The number of esters is 1. The third kappa shape index (κ3) is 11.7. The average Bonchev–Trinajstić information content (AvgIpc) is 3.47. The predicted octanol–water partition coefficient (Wildman–Crippen LogP) is 3.44. The molecule has 0 saturated carbocycles. The first-order chi connectivity index (χ1) is 25.7. The van der Waals surface area contributed by atoms with Gasteiger partial charge in [0.2, 0.25) is 5.91 Å². The van der Waals surface area contributed by atoms with Crippen molar-refractivity contribution in [3.63, 3.8) is 0 Å². The molecule has 0 spiro atoms. The molecule has 1 aliphatic heterocycles. The Hall–Kier alpha value is -5.14. The van der Waals surface area contributed by atoms with E-state index in [-0.39, 0.29) is 54.2 Å². The van der Waals surface area contributed by atoms with Crippen LogP contribution in [-0.2, 0) is 20.7 Å². The molecule has 7 N–H and O–H groups in total. The van der Waals surface area contributed by atoms with Gasteiger partial charge in [-0.15, -0.1) is 11.3 Å². The molecule has 1 aromatic heterocycles. The van der Waals surface area contributed by atoms with Crippen molar-refractivity contribution >= 4 is 50.6 Å².